The van der Waals surface area contributed by atoms with E-state index in [0.717, 1.165) is 0 Å². The Morgan fingerprint density at radius 3 is 1.00 bits per heavy atom. The standard InChI is InChI=1S/C14H10.Ti/c1-2-6-12-10-14-8-4-3-7-13(14)9-11(12)5-1;/h1-10H;. The maximum Gasteiger partial charge on any atom is 0 e. The first kappa shape index (κ1) is 10.4. The molecule has 0 bridgehead atoms. The molecule has 3 aromatic carbocycles. The first-order valence-electron chi connectivity index (χ1n) is 4.81. The summed E-state index contributed by atoms with van der Waals surface area (Å²) in [5.74, 6) is 0. The second-order valence-corrected chi connectivity index (χ2v) is 3.55. The van der Waals surface area contributed by atoms with Gasteiger partial charge in [0.25, 0.3) is 0 Å². The van der Waals surface area contributed by atoms with Crippen molar-refractivity contribution < 1.29 is 21.7 Å². The van der Waals surface area contributed by atoms with E-state index in [1.165, 1.54) is 21.5 Å². The van der Waals surface area contributed by atoms with Crippen LogP contribution in [0.2, 0.25) is 0 Å². The van der Waals surface area contributed by atoms with E-state index < -0.39 is 0 Å². The molecule has 0 aliphatic rings. The van der Waals surface area contributed by atoms with Crippen LogP contribution in [0.5, 0.6) is 0 Å². The Bertz CT molecular complexity index is 494. The zero-order valence-corrected chi connectivity index (χ0v) is 9.84. The molecule has 0 amide bonds. The molecule has 15 heavy (non-hydrogen) atoms. The molecule has 0 unspecified atom stereocenters. The summed E-state index contributed by atoms with van der Waals surface area (Å²) in [6.45, 7) is 0. The molecule has 3 rings (SSSR count). The van der Waals surface area contributed by atoms with E-state index in [1.54, 1.807) is 0 Å². The van der Waals surface area contributed by atoms with Crippen LogP contribution in [-0.2, 0) is 21.7 Å². The van der Waals surface area contributed by atoms with Gasteiger partial charge in [0.15, 0.2) is 0 Å². The van der Waals surface area contributed by atoms with Gasteiger partial charge >= 0.3 is 0 Å². The number of hydrogen-bond acceptors (Lipinski definition) is 0. The van der Waals surface area contributed by atoms with Gasteiger partial charge in [0.1, 0.15) is 0 Å². The number of rotatable bonds is 0. The molecule has 0 aliphatic heterocycles. The fourth-order valence-electron chi connectivity index (χ4n) is 1.88. The van der Waals surface area contributed by atoms with Gasteiger partial charge in [-0.15, -0.1) is 0 Å². The minimum absolute atomic E-state index is 0. The quantitative estimate of drug-likeness (QED) is 0.401. The average molecular weight is 226 g/mol. The van der Waals surface area contributed by atoms with Gasteiger partial charge < -0.3 is 0 Å². The van der Waals surface area contributed by atoms with Crippen LogP contribution in [-0.4, -0.2) is 0 Å². The second kappa shape index (κ2) is 4.18. The first-order valence-corrected chi connectivity index (χ1v) is 4.81. The minimum atomic E-state index is 0. The van der Waals surface area contributed by atoms with Crippen molar-refractivity contribution in [1.82, 2.24) is 0 Å². The Morgan fingerprint density at radius 2 is 0.733 bits per heavy atom. The van der Waals surface area contributed by atoms with Gasteiger partial charge in [-0.25, -0.2) is 0 Å². The van der Waals surface area contributed by atoms with Crippen LogP contribution in [0.3, 0.4) is 0 Å². The van der Waals surface area contributed by atoms with Gasteiger partial charge in [-0.1, -0.05) is 48.5 Å². The van der Waals surface area contributed by atoms with Crippen molar-refractivity contribution in [3.8, 4) is 0 Å². The summed E-state index contributed by atoms with van der Waals surface area (Å²) < 4.78 is 0. The molecule has 0 aliphatic carbocycles. The summed E-state index contributed by atoms with van der Waals surface area (Å²) in [7, 11) is 0. The third kappa shape index (κ3) is 1.83. The van der Waals surface area contributed by atoms with Crippen molar-refractivity contribution in [2.45, 2.75) is 0 Å². The van der Waals surface area contributed by atoms with Crippen LogP contribution in [0, 0.1) is 0 Å². The van der Waals surface area contributed by atoms with E-state index in [2.05, 4.69) is 60.7 Å². The van der Waals surface area contributed by atoms with Crippen molar-refractivity contribution >= 4 is 21.5 Å². The number of benzene rings is 3. The summed E-state index contributed by atoms with van der Waals surface area (Å²) in [4.78, 5) is 0. The van der Waals surface area contributed by atoms with Gasteiger partial charge in [-0.2, -0.15) is 0 Å². The Balaban J connectivity index is 0.000000853. The molecular weight excluding hydrogens is 216 g/mol. The molecule has 0 aromatic heterocycles. The second-order valence-electron chi connectivity index (χ2n) is 3.55. The zero-order chi connectivity index (χ0) is 9.38. The van der Waals surface area contributed by atoms with Crippen LogP contribution in [0.25, 0.3) is 21.5 Å². The van der Waals surface area contributed by atoms with Crippen LogP contribution in [0.15, 0.2) is 60.7 Å². The number of hydrogen-bond donors (Lipinski definition) is 0. The molecule has 0 saturated carbocycles. The zero-order valence-electron chi connectivity index (χ0n) is 8.27. The van der Waals surface area contributed by atoms with E-state index in [1.807, 2.05) is 0 Å². The molecule has 0 N–H and O–H groups in total. The summed E-state index contributed by atoms with van der Waals surface area (Å²) in [6.07, 6.45) is 0. The van der Waals surface area contributed by atoms with Crippen molar-refractivity contribution in [3.63, 3.8) is 0 Å². The Morgan fingerprint density at radius 1 is 0.467 bits per heavy atom. The predicted molar refractivity (Wildman–Crippen MR) is 61.5 cm³/mol. The SMILES string of the molecule is [Ti].c1ccc2cc3ccccc3cc2c1. The third-order valence-electron chi connectivity index (χ3n) is 2.61. The van der Waals surface area contributed by atoms with Gasteiger partial charge in [-0.05, 0) is 33.7 Å². The van der Waals surface area contributed by atoms with E-state index in [0.29, 0.717) is 0 Å². The smallest absolute Gasteiger partial charge is 0 e. The molecule has 0 atom stereocenters. The summed E-state index contributed by atoms with van der Waals surface area (Å²) >= 11 is 0. The largest absolute Gasteiger partial charge is 0.0616 e. The Hall–Kier alpha value is -1.11. The van der Waals surface area contributed by atoms with Gasteiger partial charge in [-0.3, -0.25) is 0 Å². The average Bonchev–Trinajstić information content (AvgIpc) is 2.26. The molecule has 70 valence electrons. The maximum absolute atomic E-state index is 2.24. The predicted octanol–water partition coefficient (Wildman–Crippen LogP) is 3.99. The van der Waals surface area contributed by atoms with Gasteiger partial charge in [0, 0.05) is 21.7 Å². The first-order chi connectivity index (χ1) is 6.93. The topological polar surface area (TPSA) is 0 Å². The van der Waals surface area contributed by atoms with Crippen LogP contribution >= 0.6 is 0 Å². The molecule has 0 radical (unpaired) electrons. The van der Waals surface area contributed by atoms with Crippen molar-refractivity contribution in [3.05, 3.63) is 60.7 Å². The van der Waals surface area contributed by atoms with Crippen molar-refractivity contribution in [1.29, 1.82) is 0 Å². The third-order valence-corrected chi connectivity index (χ3v) is 2.61. The molecule has 0 fully saturated rings. The molecule has 0 saturated heterocycles. The monoisotopic (exact) mass is 226 g/mol. The summed E-state index contributed by atoms with van der Waals surface area (Å²) in [5.41, 5.74) is 0. The fourth-order valence-corrected chi connectivity index (χ4v) is 1.88. The Kier molecular flexibility index (Phi) is 2.90. The van der Waals surface area contributed by atoms with Gasteiger partial charge in [0.05, 0.1) is 0 Å². The molecular formula is C14H10Ti. The molecule has 0 nitrogen and oxygen atoms in total. The van der Waals surface area contributed by atoms with Crippen LogP contribution < -0.4 is 0 Å². The van der Waals surface area contributed by atoms with E-state index >= 15 is 0 Å². The van der Waals surface area contributed by atoms with Crippen molar-refractivity contribution in [2.24, 2.45) is 0 Å². The Labute approximate surface area is 104 Å². The normalized spacial score (nSPS) is 10.1. The maximum atomic E-state index is 2.24. The fraction of sp³-hybridized carbons (Fsp3) is 0. The number of fused-ring (bicyclic) bond motifs is 2. The molecule has 1 heteroatoms. The minimum Gasteiger partial charge on any atom is -0.0616 e. The van der Waals surface area contributed by atoms with Crippen molar-refractivity contribution in [2.75, 3.05) is 0 Å². The van der Waals surface area contributed by atoms with Crippen LogP contribution in [0.1, 0.15) is 0 Å². The van der Waals surface area contributed by atoms with E-state index in [4.69, 9.17) is 0 Å². The molecule has 3 aromatic rings. The summed E-state index contributed by atoms with van der Waals surface area (Å²) in [6, 6.07) is 21.4. The van der Waals surface area contributed by atoms with Gasteiger partial charge in [0.2, 0.25) is 0 Å². The summed E-state index contributed by atoms with van der Waals surface area (Å²) in [5, 5.41) is 5.25. The van der Waals surface area contributed by atoms with E-state index in [-0.39, 0.29) is 21.7 Å². The van der Waals surface area contributed by atoms with Crippen LogP contribution in [0.4, 0.5) is 0 Å². The van der Waals surface area contributed by atoms with E-state index in [9.17, 15) is 0 Å². The molecule has 0 spiro atoms. The molecule has 0 heterocycles.